The highest BCUT2D eigenvalue weighted by molar-refractivity contribution is 6.28. The average molecular weight is 605 g/mol. The minimum Gasteiger partial charge on any atom is -0.507 e. The molecule has 3 aliphatic rings. The number of carbonyl (C=O) groups excluding carboxylic acids is 5. The number of phenolic OH excluding ortho intramolecular Hbond substituents is 1. The molecule has 5 rings (SSSR count). The van der Waals surface area contributed by atoms with Crippen molar-refractivity contribution >= 4 is 29.3 Å². The summed E-state index contributed by atoms with van der Waals surface area (Å²) in [5.41, 5.74) is -3.08. The molecule has 44 heavy (non-hydrogen) atoms. The van der Waals surface area contributed by atoms with E-state index in [2.05, 4.69) is 0 Å². The molecule has 12 heteroatoms. The number of allylic oxidation sites excluding steroid dienone is 6. The number of rotatable bonds is 6. The maximum Gasteiger partial charge on any atom is 0.338 e. The molecule has 12 nitrogen and oxygen atoms in total. The zero-order valence-electron chi connectivity index (χ0n) is 24.7. The Morgan fingerprint density at radius 1 is 0.864 bits per heavy atom. The summed E-state index contributed by atoms with van der Waals surface area (Å²) in [6.45, 7) is 2.64. The van der Waals surface area contributed by atoms with Crippen LogP contribution in [0.1, 0.15) is 61.7 Å². The number of methoxy groups -OCH3 is 4. The monoisotopic (exact) mass is 604 g/mol. The molecule has 0 radical (unpaired) electrons. The summed E-state index contributed by atoms with van der Waals surface area (Å²) in [4.78, 5) is 68.8. The molecule has 0 unspecified atom stereocenters. The molecule has 228 valence electrons. The lowest BCUT2D eigenvalue weighted by Gasteiger charge is -2.41. The van der Waals surface area contributed by atoms with Gasteiger partial charge in [-0.3, -0.25) is 14.4 Å². The van der Waals surface area contributed by atoms with E-state index in [0.29, 0.717) is 5.76 Å². The number of esters is 2. The van der Waals surface area contributed by atoms with Crippen molar-refractivity contribution in [2.45, 2.75) is 20.3 Å². The van der Waals surface area contributed by atoms with Crippen molar-refractivity contribution < 1.29 is 57.5 Å². The number of Topliss-reactive ketones (excluding diaryl/α,β-unsaturated/α-hetero) is 3. The number of hydrogen-bond donors (Lipinski definition) is 1. The van der Waals surface area contributed by atoms with Gasteiger partial charge in [0.15, 0.2) is 17.3 Å². The van der Waals surface area contributed by atoms with Crippen LogP contribution in [0.2, 0.25) is 0 Å². The second-order valence-corrected chi connectivity index (χ2v) is 10.3. The Morgan fingerprint density at radius 2 is 1.48 bits per heavy atom. The summed E-state index contributed by atoms with van der Waals surface area (Å²) >= 11 is 0. The molecule has 0 aromatic heterocycles. The first kappa shape index (κ1) is 30.1. The fourth-order valence-electron chi connectivity index (χ4n) is 5.74. The molecule has 1 spiro atoms. The number of phenols is 1. The maximum absolute atomic E-state index is 14.5. The molecule has 1 atom stereocenters. The summed E-state index contributed by atoms with van der Waals surface area (Å²) in [6.07, 6.45) is 0.989. The van der Waals surface area contributed by atoms with Gasteiger partial charge in [-0.05, 0) is 37.6 Å². The lowest BCUT2D eigenvalue weighted by atomic mass is 9.62. The minimum atomic E-state index is -2.02. The first-order chi connectivity index (χ1) is 20.9. The van der Waals surface area contributed by atoms with E-state index in [1.807, 2.05) is 0 Å². The zero-order chi connectivity index (χ0) is 32.1. The van der Waals surface area contributed by atoms with Crippen LogP contribution in [0.25, 0.3) is 0 Å². The second-order valence-electron chi connectivity index (χ2n) is 10.3. The fraction of sp³-hybridized carbons (Fsp3) is 0.281. The maximum atomic E-state index is 14.5. The Morgan fingerprint density at radius 3 is 2.11 bits per heavy atom. The highest BCUT2D eigenvalue weighted by Crippen LogP contribution is 2.51. The van der Waals surface area contributed by atoms with Crippen molar-refractivity contribution in [2.75, 3.05) is 35.0 Å². The number of carbonyl (C=O) groups is 5. The van der Waals surface area contributed by atoms with Crippen LogP contribution in [0.5, 0.6) is 23.0 Å². The predicted molar refractivity (Wildman–Crippen MR) is 151 cm³/mol. The molecule has 2 aromatic carbocycles. The predicted octanol–water partition coefficient (Wildman–Crippen LogP) is 3.90. The SMILES string of the molecule is COC(=O)c1cc(OC)cc(O)c1C(=O)C1=C2C=C(C)OC(C)=C2C(=O)[C@]2(COc3cc(OC)cc(C(=O)OC)c3C2=O)C1. The third-order valence-corrected chi connectivity index (χ3v) is 7.83. The quantitative estimate of drug-likeness (QED) is 0.288. The van der Waals surface area contributed by atoms with Crippen molar-refractivity contribution in [3.05, 3.63) is 80.8 Å². The molecule has 0 amide bonds. The summed E-state index contributed by atoms with van der Waals surface area (Å²) in [5, 5.41) is 11.0. The van der Waals surface area contributed by atoms with E-state index in [0.717, 1.165) is 20.3 Å². The van der Waals surface area contributed by atoms with Crippen LogP contribution in [-0.2, 0) is 19.0 Å². The summed E-state index contributed by atoms with van der Waals surface area (Å²) in [7, 11) is 4.94. The van der Waals surface area contributed by atoms with Crippen LogP contribution < -0.4 is 14.2 Å². The molecule has 0 fully saturated rings. The van der Waals surface area contributed by atoms with Crippen molar-refractivity contribution in [2.24, 2.45) is 5.41 Å². The van der Waals surface area contributed by atoms with Gasteiger partial charge in [-0.25, -0.2) is 9.59 Å². The Bertz CT molecular complexity index is 1770. The third-order valence-electron chi connectivity index (χ3n) is 7.83. The van der Waals surface area contributed by atoms with Crippen molar-refractivity contribution in [3.8, 4) is 23.0 Å². The normalized spacial score (nSPS) is 18.9. The largest absolute Gasteiger partial charge is 0.507 e. The molecule has 1 aliphatic carbocycles. The summed E-state index contributed by atoms with van der Waals surface area (Å²) in [6, 6.07) is 5.10. The second kappa shape index (κ2) is 11.0. The smallest absolute Gasteiger partial charge is 0.338 e. The number of ether oxygens (including phenoxy) is 6. The Balaban J connectivity index is 1.76. The van der Waals surface area contributed by atoms with E-state index in [4.69, 9.17) is 28.4 Å². The van der Waals surface area contributed by atoms with Crippen molar-refractivity contribution in [1.82, 2.24) is 0 Å². The van der Waals surface area contributed by atoms with Crippen LogP contribution >= 0.6 is 0 Å². The van der Waals surface area contributed by atoms with Gasteiger partial charge in [0, 0.05) is 24.1 Å². The molecular formula is C32H28O12. The van der Waals surface area contributed by atoms with Crippen LogP contribution in [0.3, 0.4) is 0 Å². The Labute approximate surface area is 251 Å². The molecule has 0 saturated carbocycles. The van der Waals surface area contributed by atoms with Gasteiger partial charge in [0.05, 0.1) is 56.3 Å². The van der Waals surface area contributed by atoms with Gasteiger partial charge in [-0.2, -0.15) is 0 Å². The van der Waals surface area contributed by atoms with Crippen LogP contribution in [0.15, 0.2) is 58.6 Å². The molecule has 0 saturated heterocycles. The lowest BCUT2D eigenvalue weighted by Crippen LogP contribution is -2.51. The average Bonchev–Trinajstić information content (AvgIpc) is 3.01. The summed E-state index contributed by atoms with van der Waals surface area (Å²) < 4.78 is 31.8. The molecule has 0 bridgehead atoms. The van der Waals surface area contributed by atoms with Crippen molar-refractivity contribution in [3.63, 3.8) is 0 Å². The molecule has 2 heterocycles. The van der Waals surface area contributed by atoms with E-state index >= 15 is 0 Å². The van der Waals surface area contributed by atoms with Gasteiger partial charge < -0.3 is 33.5 Å². The van der Waals surface area contributed by atoms with Gasteiger partial charge >= 0.3 is 11.9 Å². The van der Waals surface area contributed by atoms with Gasteiger partial charge in [-0.1, -0.05) is 0 Å². The topological polar surface area (TPSA) is 161 Å². The molecule has 2 aliphatic heterocycles. The van der Waals surface area contributed by atoms with Crippen molar-refractivity contribution in [1.29, 1.82) is 0 Å². The first-order valence-electron chi connectivity index (χ1n) is 13.3. The molecule has 1 N–H and O–H groups in total. The van der Waals surface area contributed by atoms with E-state index in [-0.39, 0.29) is 56.4 Å². The highest BCUT2D eigenvalue weighted by atomic mass is 16.5. The fourth-order valence-corrected chi connectivity index (χ4v) is 5.74. The van der Waals surface area contributed by atoms with Crippen LogP contribution in [0.4, 0.5) is 0 Å². The van der Waals surface area contributed by atoms with E-state index < -0.39 is 59.0 Å². The summed E-state index contributed by atoms with van der Waals surface area (Å²) in [5.74, 6) is -3.90. The highest BCUT2D eigenvalue weighted by Gasteiger charge is 2.57. The Kier molecular flexibility index (Phi) is 7.54. The lowest BCUT2D eigenvalue weighted by molar-refractivity contribution is -0.124. The number of fused-ring (bicyclic) bond motifs is 2. The zero-order valence-corrected chi connectivity index (χ0v) is 24.7. The third kappa shape index (κ3) is 4.50. The number of hydrogen-bond acceptors (Lipinski definition) is 12. The number of ketones is 3. The number of benzene rings is 2. The van der Waals surface area contributed by atoms with Gasteiger partial charge in [0.1, 0.15) is 46.5 Å². The number of aromatic hydroxyl groups is 1. The van der Waals surface area contributed by atoms with Crippen LogP contribution in [0, 0.1) is 5.41 Å². The van der Waals surface area contributed by atoms with Gasteiger partial charge in [0.2, 0.25) is 0 Å². The Hall–Kier alpha value is -5.39. The van der Waals surface area contributed by atoms with E-state index in [1.54, 1.807) is 6.92 Å². The standard InChI is InChI=1S/C32H28O12/c1-14-7-18-21(27(34)25-19(30(37)41-5)8-16(39-3)10-22(25)33)12-32(28(35)24(18)15(2)44-14)13-43-23-11-17(40-4)9-20(31(38)42-6)26(23)29(32)36/h7-11,33H,12-13H2,1-6H3/t32-/m1/s1. The molecule has 2 aromatic rings. The minimum absolute atomic E-state index is 0.00191. The van der Waals surface area contributed by atoms with E-state index in [9.17, 15) is 29.1 Å². The van der Waals surface area contributed by atoms with Gasteiger partial charge in [-0.15, -0.1) is 0 Å². The van der Waals surface area contributed by atoms with E-state index in [1.165, 1.54) is 45.4 Å². The molecular weight excluding hydrogens is 576 g/mol. The first-order valence-corrected chi connectivity index (χ1v) is 13.3. The van der Waals surface area contributed by atoms with Gasteiger partial charge in [0.25, 0.3) is 0 Å². The van der Waals surface area contributed by atoms with Crippen LogP contribution in [-0.4, -0.2) is 69.4 Å².